The van der Waals surface area contributed by atoms with Crippen LogP contribution in [-0.2, 0) is 6.54 Å². The van der Waals surface area contributed by atoms with Gasteiger partial charge in [-0.2, -0.15) is 0 Å². The summed E-state index contributed by atoms with van der Waals surface area (Å²) < 4.78 is 1.64. The van der Waals surface area contributed by atoms with E-state index in [1.807, 2.05) is 6.92 Å². The molecule has 0 atom stereocenters. The summed E-state index contributed by atoms with van der Waals surface area (Å²) in [5, 5.41) is 11.6. The van der Waals surface area contributed by atoms with E-state index in [0.29, 0.717) is 19.6 Å². The largest absolute Gasteiger partial charge is 0.476 e. The zero-order valence-electron chi connectivity index (χ0n) is 11.4. The molecule has 0 saturated heterocycles. The van der Waals surface area contributed by atoms with Crippen molar-refractivity contribution in [3.63, 3.8) is 0 Å². The summed E-state index contributed by atoms with van der Waals surface area (Å²) in [6.07, 6.45) is 5.93. The van der Waals surface area contributed by atoms with Gasteiger partial charge in [0, 0.05) is 32.4 Å². The summed E-state index contributed by atoms with van der Waals surface area (Å²) in [7, 11) is 0. The van der Waals surface area contributed by atoms with Crippen molar-refractivity contribution in [2.45, 2.75) is 19.9 Å². The maximum Gasteiger partial charge on any atom is 0.356 e. The maximum absolute atomic E-state index is 11.9. The molecule has 2 rings (SSSR count). The van der Waals surface area contributed by atoms with Gasteiger partial charge in [0.15, 0.2) is 5.69 Å². The third-order valence-corrected chi connectivity index (χ3v) is 3.12. The fraction of sp³-hybridized carbons (Fsp3) is 0.462. The Bertz CT molecular complexity index is 535. The van der Waals surface area contributed by atoms with Crippen LogP contribution in [0.3, 0.4) is 0 Å². The Morgan fingerprint density at radius 2 is 2.30 bits per heavy atom. The smallest absolute Gasteiger partial charge is 0.356 e. The van der Waals surface area contributed by atoms with E-state index in [9.17, 15) is 9.59 Å². The fourth-order valence-corrected chi connectivity index (χ4v) is 2.08. The number of carboxylic acids is 1. The molecule has 0 aliphatic carbocycles. The van der Waals surface area contributed by atoms with Gasteiger partial charge in [0.05, 0.1) is 6.33 Å². The first-order valence-electron chi connectivity index (χ1n) is 6.50. The van der Waals surface area contributed by atoms with E-state index in [1.165, 1.54) is 18.1 Å². The number of imidazole rings is 1. The molecule has 2 heterocycles. The number of carboxylic acid groups (broad SMARTS) is 1. The van der Waals surface area contributed by atoms with Gasteiger partial charge in [-0.25, -0.2) is 14.6 Å². The number of hydrogen-bond donors (Lipinski definition) is 2. The molecular weight excluding hydrogens is 260 g/mol. The lowest BCUT2D eigenvalue weighted by molar-refractivity contribution is 0.0691. The van der Waals surface area contributed by atoms with Gasteiger partial charge in [-0.15, -0.1) is 0 Å². The first-order chi connectivity index (χ1) is 9.56. The molecule has 7 heteroatoms. The van der Waals surface area contributed by atoms with Gasteiger partial charge in [0.1, 0.15) is 0 Å². The first kappa shape index (κ1) is 14.1. The Kier molecular flexibility index (Phi) is 4.39. The van der Waals surface area contributed by atoms with E-state index < -0.39 is 5.97 Å². The molecule has 0 unspecified atom stereocenters. The average Bonchev–Trinajstić information content (AvgIpc) is 2.87. The van der Waals surface area contributed by atoms with Crippen LogP contribution in [-0.4, -0.2) is 51.2 Å². The molecule has 0 bridgehead atoms. The van der Waals surface area contributed by atoms with Crippen LogP contribution >= 0.6 is 0 Å². The van der Waals surface area contributed by atoms with Gasteiger partial charge in [-0.05, 0) is 13.3 Å². The summed E-state index contributed by atoms with van der Waals surface area (Å²) in [6.45, 7) is 4.35. The van der Waals surface area contributed by atoms with Crippen LogP contribution in [0.25, 0.3) is 0 Å². The molecule has 0 aromatic carbocycles. The molecule has 1 aliphatic rings. The maximum atomic E-state index is 11.9. The second-order valence-corrected chi connectivity index (χ2v) is 4.79. The first-order valence-corrected chi connectivity index (χ1v) is 6.50. The van der Waals surface area contributed by atoms with Crippen LogP contribution in [0.15, 0.2) is 24.2 Å². The molecule has 2 amide bonds. The zero-order chi connectivity index (χ0) is 14.5. The number of nitrogens with one attached hydrogen (secondary N) is 1. The van der Waals surface area contributed by atoms with Crippen LogP contribution in [0.4, 0.5) is 4.79 Å². The van der Waals surface area contributed by atoms with Crippen molar-refractivity contribution in [2.24, 2.45) is 0 Å². The van der Waals surface area contributed by atoms with Gasteiger partial charge >= 0.3 is 12.0 Å². The molecule has 1 aromatic rings. The number of hydrogen-bond acceptors (Lipinski definition) is 3. The Morgan fingerprint density at radius 1 is 1.50 bits per heavy atom. The number of aromatic carboxylic acids is 1. The van der Waals surface area contributed by atoms with Gasteiger partial charge < -0.3 is 19.9 Å². The minimum Gasteiger partial charge on any atom is -0.476 e. The third-order valence-electron chi connectivity index (χ3n) is 3.12. The minimum atomic E-state index is -1.05. The number of amides is 2. The molecule has 1 aliphatic heterocycles. The van der Waals surface area contributed by atoms with Gasteiger partial charge in [-0.3, -0.25) is 0 Å². The standard InChI is InChI=1S/C13H18N4O3/c1-10-3-2-5-17(7-10)13(20)14-4-6-16-8-11(12(18)19)15-9-16/h3,8-9H,2,4-7H2,1H3,(H,14,20)(H,18,19). The lowest BCUT2D eigenvalue weighted by Crippen LogP contribution is -2.43. The molecule has 7 nitrogen and oxygen atoms in total. The summed E-state index contributed by atoms with van der Waals surface area (Å²) in [5.41, 5.74) is 1.21. The second kappa shape index (κ2) is 6.23. The Hall–Kier alpha value is -2.31. The Balaban J connectivity index is 1.76. The molecule has 108 valence electrons. The summed E-state index contributed by atoms with van der Waals surface area (Å²) >= 11 is 0. The highest BCUT2D eigenvalue weighted by Crippen LogP contribution is 2.08. The monoisotopic (exact) mass is 278 g/mol. The lowest BCUT2D eigenvalue weighted by Gasteiger charge is -2.26. The van der Waals surface area contributed by atoms with Crippen molar-refractivity contribution < 1.29 is 14.7 Å². The van der Waals surface area contributed by atoms with Crippen molar-refractivity contribution in [3.05, 3.63) is 29.9 Å². The van der Waals surface area contributed by atoms with Crippen LogP contribution in [0, 0.1) is 0 Å². The topological polar surface area (TPSA) is 87.5 Å². The third kappa shape index (κ3) is 3.59. The Labute approximate surface area is 116 Å². The van der Waals surface area contributed by atoms with E-state index in [2.05, 4.69) is 16.4 Å². The number of nitrogens with zero attached hydrogens (tertiary/aromatic N) is 3. The average molecular weight is 278 g/mol. The normalized spacial score (nSPS) is 14.8. The van der Waals surface area contributed by atoms with Crippen molar-refractivity contribution >= 4 is 12.0 Å². The highest BCUT2D eigenvalue weighted by molar-refractivity contribution is 5.84. The SMILES string of the molecule is CC1=CCCN(C(=O)NCCn2cnc(C(=O)O)c2)C1. The fourth-order valence-electron chi connectivity index (χ4n) is 2.08. The molecule has 20 heavy (non-hydrogen) atoms. The van der Waals surface area contributed by atoms with E-state index in [-0.39, 0.29) is 11.7 Å². The molecule has 2 N–H and O–H groups in total. The quantitative estimate of drug-likeness (QED) is 0.802. The van der Waals surface area contributed by atoms with Crippen LogP contribution < -0.4 is 5.32 Å². The van der Waals surface area contributed by atoms with E-state index >= 15 is 0 Å². The van der Waals surface area contributed by atoms with Gasteiger partial charge in [-0.1, -0.05) is 11.6 Å². The second-order valence-electron chi connectivity index (χ2n) is 4.79. The van der Waals surface area contributed by atoms with Crippen LogP contribution in [0.2, 0.25) is 0 Å². The van der Waals surface area contributed by atoms with Crippen molar-refractivity contribution in [3.8, 4) is 0 Å². The summed E-state index contributed by atoms with van der Waals surface area (Å²) in [6, 6.07) is -0.0870. The highest BCUT2D eigenvalue weighted by Gasteiger charge is 2.15. The molecule has 1 aromatic heterocycles. The van der Waals surface area contributed by atoms with Crippen molar-refractivity contribution in [1.29, 1.82) is 0 Å². The van der Waals surface area contributed by atoms with E-state index in [1.54, 1.807) is 9.47 Å². The van der Waals surface area contributed by atoms with E-state index in [0.717, 1.165) is 13.0 Å². The highest BCUT2D eigenvalue weighted by atomic mass is 16.4. The predicted molar refractivity (Wildman–Crippen MR) is 72.5 cm³/mol. The van der Waals surface area contributed by atoms with Crippen molar-refractivity contribution in [2.75, 3.05) is 19.6 Å². The number of aromatic nitrogens is 2. The number of carbonyl (C=O) groups is 2. The minimum absolute atomic E-state index is 0.00752. The number of urea groups is 1. The number of rotatable bonds is 4. The molecule has 0 spiro atoms. The molecule has 0 saturated carbocycles. The zero-order valence-corrected chi connectivity index (χ0v) is 11.4. The molecule has 0 radical (unpaired) electrons. The van der Waals surface area contributed by atoms with Gasteiger partial charge in [0.2, 0.25) is 0 Å². The van der Waals surface area contributed by atoms with Crippen LogP contribution in [0.1, 0.15) is 23.8 Å². The molecule has 0 fully saturated rings. The Morgan fingerprint density at radius 3 is 2.95 bits per heavy atom. The molecular formula is C13H18N4O3. The summed E-state index contributed by atoms with van der Waals surface area (Å²) in [5.74, 6) is -1.05. The van der Waals surface area contributed by atoms with Crippen molar-refractivity contribution in [1.82, 2.24) is 19.8 Å². The lowest BCUT2D eigenvalue weighted by atomic mass is 10.1. The van der Waals surface area contributed by atoms with E-state index in [4.69, 9.17) is 5.11 Å². The van der Waals surface area contributed by atoms with Gasteiger partial charge in [0.25, 0.3) is 0 Å². The summed E-state index contributed by atoms with van der Waals surface area (Å²) in [4.78, 5) is 28.1. The predicted octanol–water partition coefficient (Wildman–Crippen LogP) is 0.943. The van der Waals surface area contributed by atoms with Crippen LogP contribution in [0.5, 0.6) is 0 Å². The number of carbonyl (C=O) groups excluding carboxylic acids is 1.